The lowest BCUT2D eigenvalue weighted by molar-refractivity contribution is 1.03. The third-order valence-electron chi connectivity index (χ3n) is 12.9. The maximum Gasteiger partial charge on any atom is 0.156 e. The Labute approximate surface area is 423 Å². The van der Waals surface area contributed by atoms with Gasteiger partial charge in [-0.2, -0.15) is 0 Å². The number of aryl methyl sites for hydroxylation is 1. The zero-order valence-electron chi connectivity index (χ0n) is 36.9. The fraction of sp³-hybridized carbons (Fsp3) is 0.0333. The molecule has 0 bridgehead atoms. The molecule has 0 saturated carbocycles. The number of hydrogen-bond acceptors (Lipinski definition) is 6. The Hall–Kier alpha value is -7.30. The summed E-state index contributed by atoms with van der Waals surface area (Å²) >= 11 is 11.2. The van der Waals surface area contributed by atoms with E-state index in [-0.39, 0.29) is 0 Å². The van der Waals surface area contributed by atoms with E-state index in [4.69, 9.17) is 9.97 Å². The maximum atomic E-state index is 5.01. The summed E-state index contributed by atoms with van der Waals surface area (Å²) in [6, 6.07) is 67.1. The molecule has 2 heterocycles. The van der Waals surface area contributed by atoms with Gasteiger partial charge >= 0.3 is 0 Å². The minimum absolute atomic E-state index is 0.759. The van der Waals surface area contributed by atoms with Crippen molar-refractivity contribution in [3.8, 4) is 0 Å². The van der Waals surface area contributed by atoms with Gasteiger partial charge in [0.15, 0.2) is 5.82 Å². The Kier molecular flexibility index (Phi) is 11.4. The Balaban J connectivity index is 0.000000118. The minimum Gasteiger partial charge on any atom is -0.339 e. The summed E-state index contributed by atoms with van der Waals surface area (Å²) in [5.74, 6) is 1.55. The Morgan fingerprint density at radius 3 is 1.64 bits per heavy atom. The van der Waals surface area contributed by atoms with Crippen molar-refractivity contribution in [3.63, 3.8) is 0 Å². The highest BCUT2D eigenvalue weighted by Gasteiger charge is 2.20. The molecule has 0 saturated heterocycles. The Morgan fingerprint density at radius 2 is 0.942 bits per heavy atom. The second-order valence-corrected chi connectivity index (χ2v) is 19.7. The molecule has 14 rings (SSSR count). The molecule has 0 aliphatic heterocycles. The van der Waals surface area contributed by atoms with Gasteiger partial charge in [-0.1, -0.05) is 175 Å². The second kappa shape index (κ2) is 18.3. The van der Waals surface area contributed by atoms with Crippen LogP contribution in [0.1, 0.15) is 12.0 Å². The van der Waals surface area contributed by atoms with Crippen molar-refractivity contribution >= 4 is 157 Å². The summed E-state index contributed by atoms with van der Waals surface area (Å²) in [7, 11) is 0. The first-order valence-corrected chi connectivity index (χ1v) is 25.1. The Bertz CT molecular complexity index is 4110. The van der Waals surface area contributed by atoms with E-state index in [1.165, 1.54) is 73.6 Å². The van der Waals surface area contributed by atoms with Crippen LogP contribution in [0.25, 0.3) is 80.4 Å². The molecule has 1 aliphatic carbocycles. The van der Waals surface area contributed by atoms with Gasteiger partial charge < -0.3 is 5.32 Å². The van der Waals surface area contributed by atoms with Crippen molar-refractivity contribution in [2.24, 2.45) is 0 Å². The Morgan fingerprint density at radius 1 is 0.420 bits per heavy atom. The van der Waals surface area contributed by atoms with Gasteiger partial charge in [-0.3, -0.25) is 14.9 Å². The van der Waals surface area contributed by atoms with Crippen molar-refractivity contribution < 1.29 is 0 Å². The molecule has 2 aromatic heterocycles. The smallest absolute Gasteiger partial charge is 0.156 e. The van der Waals surface area contributed by atoms with Crippen molar-refractivity contribution in [2.75, 3.05) is 10.2 Å². The molecule has 0 unspecified atom stereocenters. The van der Waals surface area contributed by atoms with Crippen molar-refractivity contribution in [1.82, 2.24) is 19.9 Å². The molecular weight excluding hydrogens is 1040 g/mol. The molecule has 330 valence electrons. The van der Waals surface area contributed by atoms with E-state index in [1.54, 1.807) is 6.20 Å². The summed E-state index contributed by atoms with van der Waals surface area (Å²) in [5.41, 5.74) is 8.18. The van der Waals surface area contributed by atoms with Crippen molar-refractivity contribution in [3.05, 3.63) is 226 Å². The fourth-order valence-corrected chi connectivity index (χ4v) is 11.1. The summed E-state index contributed by atoms with van der Waals surface area (Å²) in [6.07, 6.45) is 5.86. The van der Waals surface area contributed by atoms with Gasteiger partial charge in [-0.25, -0.2) is 9.97 Å². The van der Waals surface area contributed by atoms with Gasteiger partial charge in [-0.15, -0.1) is 0 Å². The number of rotatable bonds is 5. The topological polar surface area (TPSA) is 66.8 Å². The van der Waals surface area contributed by atoms with Crippen LogP contribution in [0, 0.1) is 0 Å². The molecule has 0 spiro atoms. The molecule has 11 aromatic carbocycles. The van der Waals surface area contributed by atoms with Crippen LogP contribution in [0.15, 0.2) is 215 Å². The molecule has 69 heavy (non-hydrogen) atoms. The highest BCUT2D eigenvalue weighted by Crippen LogP contribution is 2.44. The molecule has 0 amide bonds. The summed E-state index contributed by atoms with van der Waals surface area (Å²) in [5, 5.41) is 17.5. The van der Waals surface area contributed by atoms with E-state index in [0.717, 1.165) is 68.1 Å². The van der Waals surface area contributed by atoms with Gasteiger partial charge in [0.2, 0.25) is 0 Å². The molecule has 13 aromatic rings. The SMILES string of the molecule is BrC1=c2ccc3ccc(Br)c4ccc(c2c34)CC1.Brc1ccc2ccc3c(N(c4ccccc4)c4cnc5ccccc5n4)ccc4ccc1c2c43.c1ccc(Nc2cnc3ccccc3n2)cc1. The highest BCUT2D eigenvalue weighted by atomic mass is 79.9. The van der Waals surface area contributed by atoms with E-state index in [2.05, 4.69) is 177 Å². The first-order valence-electron chi connectivity index (χ1n) is 22.7. The van der Waals surface area contributed by atoms with E-state index in [0.29, 0.717) is 0 Å². The largest absolute Gasteiger partial charge is 0.339 e. The normalized spacial score (nSPS) is 12.1. The van der Waals surface area contributed by atoms with Crippen LogP contribution in [-0.4, -0.2) is 19.9 Å². The maximum absolute atomic E-state index is 5.01. The zero-order valence-corrected chi connectivity index (χ0v) is 41.7. The quantitative estimate of drug-likeness (QED) is 0.173. The van der Waals surface area contributed by atoms with Crippen molar-refractivity contribution in [2.45, 2.75) is 12.8 Å². The molecule has 0 atom stereocenters. The van der Waals surface area contributed by atoms with E-state index in [9.17, 15) is 0 Å². The van der Waals surface area contributed by atoms with Gasteiger partial charge in [0, 0.05) is 30.2 Å². The first-order chi connectivity index (χ1) is 33.9. The van der Waals surface area contributed by atoms with Crippen LogP contribution in [0.3, 0.4) is 0 Å². The van der Waals surface area contributed by atoms with Crippen LogP contribution >= 0.6 is 47.8 Å². The highest BCUT2D eigenvalue weighted by molar-refractivity contribution is 9.14. The van der Waals surface area contributed by atoms with Crippen LogP contribution in [0.5, 0.6) is 0 Å². The lowest BCUT2D eigenvalue weighted by atomic mass is 9.90. The molecule has 1 N–H and O–H groups in total. The summed E-state index contributed by atoms with van der Waals surface area (Å²) in [4.78, 5) is 20.8. The van der Waals surface area contributed by atoms with E-state index < -0.39 is 0 Å². The van der Waals surface area contributed by atoms with Gasteiger partial charge in [0.05, 0.1) is 40.1 Å². The average molecular weight is 1080 g/mol. The third-order valence-corrected chi connectivity index (χ3v) is 15.1. The predicted octanol–water partition coefficient (Wildman–Crippen LogP) is 17.1. The minimum atomic E-state index is 0.759. The molecular formula is C60H39Br3N6. The average Bonchev–Trinajstić information content (AvgIpc) is 3.40. The van der Waals surface area contributed by atoms with Crippen molar-refractivity contribution in [1.29, 1.82) is 0 Å². The molecule has 6 nitrogen and oxygen atoms in total. The number of nitrogens with zero attached hydrogens (tertiary/aromatic N) is 5. The molecule has 1 aliphatic rings. The van der Waals surface area contributed by atoms with Gasteiger partial charge in [0.25, 0.3) is 0 Å². The molecule has 0 radical (unpaired) electrons. The number of halogens is 3. The van der Waals surface area contributed by atoms with Gasteiger partial charge in [0.1, 0.15) is 5.82 Å². The summed E-state index contributed by atoms with van der Waals surface area (Å²) in [6.45, 7) is 0. The van der Waals surface area contributed by atoms with E-state index in [1.807, 2.05) is 91.1 Å². The first kappa shape index (κ1) is 43.0. The predicted molar refractivity (Wildman–Crippen MR) is 300 cm³/mol. The lowest BCUT2D eigenvalue weighted by Crippen LogP contribution is -2.12. The molecule has 0 fully saturated rings. The number of hydrogen-bond donors (Lipinski definition) is 1. The number of para-hydroxylation sites is 6. The monoisotopic (exact) mass is 1080 g/mol. The number of aromatic nitrogens is 4. The zero-order chi connectivity index (χ0) is 46.4. The third kappa shape index (κ3) is 8.10. The number of benzene rings is 11. The summed E-state index contributed by atoms with van der Waals surface area (Å²) < 4.78 is 3.63. The standard InChI is InChI=1S/C30H18BrN3.C16H10Br2.C14H11N3/c31-24-16-12-19-11-15-23-27(17-13-20-10-14-22(24)29(19)30(20)23)34(21-6-2-1-3-7-21)28-18-32-25-8-4-5-9-26(25)33-28;17-13-8-4-10-2-6-12-14(18)7-3-9-1-5-11(13)16(10)15(9)12;1-2-6-11(7-3-1)16-14-10-15-12-8-4-5-9-13(12)17-14/h1-18H;1-3,5-7H,4,8H2;1-10H,(H,16,17). The lowest BCUT2D eigenvalue weighted by Gasteiger charge is -2.26. The number of nitrogens with one attached hydrogen (secondary N) is 1. The number of anilines is 5. The number of fused-ring (bicyclic) bond motifs is 2. The van der Waals surface area contributed by atoms with Crippen LogP contribution in [0.4, 0.5) is 28.7 Å². The van der Waals surface area contributed by atoms with Crippen LogP contribution < -0.4 is 15.4 Å². The van der Waals surface area contributed by atoms with E-state index >= 15 is 0 Å². The van der Waals surface area contributed by atoms with Crippen LogP contribution in [0.2, 0.25) is 0 Å². The molecule has 9 heteroatoms. The fourth-order valence-electron chi connectivity index (χ4n) is 9.66. The van der Waals surface area contributed by atoms with Gasteiger partial charge in [-0.05, 0) is 139 Å². The van der Waals surface area contributed by atoms with Crippen LogP contribution in [-0.2, 0) is 6.42 Å². The second-order valence-electron chi connectivity index (χ2n) is 17.0.